The van der Waals surface area contributed by atoms with Gasteiger partial charge in [-0.3, -0.25) is 14.5 Å². The highest BCUT2D eigenvalue weighted by molar-refractivity contribution is 5.84. The van der Waals surface area contributed by atoms with Crippen molar-refractivity contribution in [3.63, 3.8) is 0 Å². The number of piperidine rings is 1. The number of carbonyl (C=O) groups is 2. The zero-order chi connectivity index (χ0) is 21.1. The molecule has 2 aromatic rings. The van der Waals surface area contributed by atoms with Crippen LogP contribution in [-0.2, 0) is 29.1 Å². The molecule has 2 aliphatic rings. The third-order valence-electron chi connectivity index (χ3n) is 6.33. The summed E-state index contributed by atoms with van der Waals surface area (Å²) in [6.07, 6.45) is 2.55. The predicted molar refractivity (Wildman–Crippen MR) is 110 cm³/mol. The summed E-state index contributed by atoms with van der Waals surface area (Å²) in [5.74, 6) is 0.0407. The van der Waals surface area contributed by atoms with Crippen LogP contribution in [0, 0.1) is 12.3 Å². The molecular weight excluding hydrogens is 382 g/mol. The molecule has 0 radical (unpaired) electrons. The number of fused-ring (bicyclic) bond motifs is 1. The minimum atomic E-state index is -0.604. The Kier molecular flexibility index (Phi) is 5.85. The molecule has 1 fully saturated rings. The molecule has 0 bridgehead atoms. The molecule has 30 heavy (non-hydrogen) atoms. The minimum Gasteiger partial charge on any atom is -0.350 e. The second-order valence-electron chi connectivity index (χ2n) is 8.69. The van der Waals surface area contributed by atoms with E-state index in [-0.39, 0.29) is 18.4 Å². The predicted octanol–water partition coefficient (Wildman–Crippen LogP) is 1.68. The fourth-order valence-electron chi connectivity index (χ4n) is 4.41. The molecule has 1 atom stereocenters. The lowest BCUT2D eigenvalue weighted by atomic mass is 9.81. The molecule has 0 unspecified atom stereocenters. The Morgan fingerprint density at radius 3 is 2.77 bits per heavy atom. The first-order chi connectivity index (χ1) is 14.4. The lowest BCUT2D eigenvalue weighted by Gasteiger charge is -2.40. The van der Waals surface area contributed by atoms with E-state index in [0.29, 0.717) is 31.0 Å². The molecule has 160 valence electrons. The molecule has 1 aromatic heterocycles. The van der Waals surface area contributed by atoms with E-state index in [1.165, 1.54) is 11.1 Å². The fourth-order valence-corrected chi connectivity index (χ4v) is 4.41. The molecule has 1 aromatic carbocycles. The standard InChI is InChI=1S/C22H29N5O3/c1-16-19(25-30-24-16)12-23-21(29)22(2)9-5-10-27(15-22)20(28)14-26-11-8-17-6-3-4-7-18(17)13-26/h3-4,6-7H,5,8-15H2,1-2H3,(H,23,29)/t22-/m1/s1. The highest BCUT2D eigenvalue weighted by Crippen LogP contribution is 2.30. The molecule has 2 aliphatic heterocycles. The maximum atomic E-state index is 13.0. The van der Waals surface area contributed by atoms with E-state index in [9.17, 15) is 9.59 Å². The van der Waals surface area contributed by atoms with Gasteiger partial charge in [-0.05, 0) is 44.2 Å². The number of rotatable bonds is 5. The maximum absolute atomic E-state index is 13.0. The van der Waals surface area contributed by atoms with Gasteiger partial charge in [-0.1, -0.05) is 34.6 Å². The van der Waals surface area contributed by atoms with Crippen molar-refractivity contribution in [2.45, 2.75) is 46.2 Å². The highest BCUT2D eigenvalue weighted by atomic mass is 16.6. The molecule has 8 nitrogen and oxygen atoms in total. The normalized spacial score (nSPS) is 21.9. The molecule has 3 heterocycles. The average Bonchev–Trinajstić information content (AvgIpc) is 3.16. The van der Waals surface area contributed by atoms with Gasteiger partial charge in [-0.25, -0.2) is 4.63 Å². The minimum absolute atomic E-state index is 0.0608. The molecule has 1 N–H and O–H groups in total. The second-order valence-corrected chi connectivity index (χ2v) is 8.69. The van der Waals surface area contributed by atoms with Crippen LogP contribution >= 0.6 is 0 Å². The van der Waals surface area contributed by atoms with E-state index >= 15 is 0 Å². The number of carbonyl (C=O) groups excluding carboxylic acids is 2. The lowest BCUT2D eigenvalue weighted by molar-refractivity contribution is -0.141. The first kappa shape index (κ1) is 20.5. The van der Waals surface area contributed by atoms with Crippen LogP contribution in [0.2, 0.25) is 0 Å². The molecule has 2 amide bonds. The summed E-state index contributed by atoms with van der Waals surface area (Å²) >= 11 is 0. The summed E-state index contributed by atoms with van der Waals surface area (Å²) in [6, 6.07) is 8.43. The maximum Gasteiger partial charge on any atom is 0.236 e. The Balaban J connectivity index is 1.33. The number of hydrogen-bond acceptors (Lipinski definition) is 6. The van der Waals surface area contributed by atoms with E-state index in [4.69, 9.17) is 0 Å². The first-order valence-electron chi connectivity index (χ1n) is 10.6. The Bertz CT molecular complexity index is 927. The number of aryl methyl sites for hydroxylation is 1. The summed E-state index contributed by atoms with van der Waals surface area (Å²) in [4.78, 5) is 29.9. The van der Waals surface area contributed by atoms with Crippen LogP contribution in [0.3, 0.4) is 0 Å². The van der Waals surface area contributed by atoms with E-state index in [1.54, 1.807) is 6.92 Å². The smallest absolute Gasteiger partial charge is 0.236 e. The molecular formula is C22H29N5O3. The van der Waals surface area contributed by atoms with Gasteiger partial charge in [0.05, 0.1) is 18.5 Å². The van der Waals surface area contributed by atoms with Gasteiger partial charge in [-0.2, -0.15) is 0 Å². The summed E-state index contributed by atoms with van der Waals surface area (Å²) in [6.45, 7) is 7.25. The van der Waals surface area contributed by atoms with Gasteiger partial charge in [0.1, 0.15) is 11.4 Å². The van der Waals surface area contributed by atoms with Gasteiger partial charge in [0.25, 0.3) is 0 Å². The van der Waals surface area contributed by atoms with E-state index < -0.39 is 5.41 Å². The van der Waals surface area contributed by atoms with Gasteiger partial charge in [-0.15, -0.1) is 0 Å². The SMILES string of the molecule is Cc1nonc1CNC(=O)[C@]1(C)CCCN(C(=O)CN2CCc3ccccc3C2)C1. The molecule has 0 aliphatic carbocycles. The van der Waals surface area contributed by atoms with Crippen molar-refractivity contribution in [2.24, 2.45) is 5.41 Å². The third-order valence-corrected chi connectivity index (χ3v) is 6.33. The van der Waals surface area contributed by atoms with Crippen LogP contribution in [0.15, 0.2) is 28.9 Å². The summed E-state index contributed by atoms with van der Waals surface area (Å²) in [5.41, 5.74) is 3.37. The highest BCUT2D eigenvalue weighted by Gasteiger charge is 2.39. The molecule has 0 saturated carbocycles. The second kappa shape index (κ2) is 8.55. The van der Waals surface area contributed by atoms with Crippen LogP contribution in [0.4, 0.5) is 0 Å². The quantitative estimate of drug-likeness (QED) is 0.805. The van der Waals surface area contributed by atoms with Crippen LogP contribution < -0.4 is 5.32 Å². The molecule has 8 heteroatoms. The van der Waals surface area contributed by atoms with Crippen LogP contribution in [0.1, 0.15) is 42.3 Å². The van der Waals surface area contributed by atoms with Crippen molar-refractivity contribution < 1.29 is 14.2 Å². The number of nitrogens with one attached hydrogen (secondary N) is 1. The van der Waals surface area contributed by atoms with Crippen LogP contribution in [0.25, 0.3) is 0 Å². The zero-order valence-electron chi connectivity index (χ0n) is 17.7. The number of hydrogen-bond donors (Lipinski definition) is 1. The number of likely N-dealkylation sites (tertiary alicyclic amines) is 1. The third kappa shape index (κ3) is 4.38. The largest absolute Gasteiger partial charge is 0.350 e. The zero-order valence-corrected chi connectivity index (χ0v) is 17.7. The number of amides is 2. The van der Waals surface area contributed by atoms with Gasteiger partial charge >= 0.3 is 0 Å². The fraction of sp³-hybridized carbons (Fsp3) is 0.545. The Hall–Kier alpha value is -2.74. The van der Waals surface area contributed by atoms with E-state index in [2.05, 4.69) is 49.4 Å². The van der Waals surface area contributed by atoms with Gasteiger partial charge in [0, 0.05) is 26.2 Å². The number of aromatic nitrogens is 2. The number of benzene rings is 1. The summed E-state index contributed by atoms with van der Waals surface area (Å²) in [5, 5.41) is 10.5. The Labute approximate surface area is 176 Å². The first-order valence-corrected chi connectivity index (χ1v) is 10.6. The number of nitrogens with zero attached hydrogens (tertiary/aromatic N) is 4. The van der Waals surface area contributed by atoms with Gasteiger partial charge in [0.2, 0.25) is 11.8 Å². The van der Waals surface area contributed by atoms with Crippen molar-refractivity contribution >= 4 is 11.8 Å². The van der Waals surface area contributed by atoms with E-state index in [1.807, 2.05) is 11.8 Å². The summed E-state index contributed by atoms with van der Waals surface area (Å²) in [7, 11) is 0. The molecule has 1 saturated heterocycles. The lowest BCUT2D eigenvalue weighted by Crippen LogP contribution is -2.53. The van der Waals surface area contributed by atoms with Gasteiger partial charge in [0.15, 0.2) is 0 Å². The van der Waals surface area contributed by atoms with Crippen molar-refractivity contribution in [3.8, 4) is 0 Å². The van der Waals surface area contributed by atoms with Crippen LogP contribution in [0.5, 0.6) is 0 Å². The van der Waals surface area contributed by atoms with Crippen LogP contribution in [-0.4, -0.2) is 58.1 Å². The van der Waals surface area contributed by atoms with Crippen molar-refractivity contribution in [1.29, 1.82) is 0 Å². The van der Waals surface area contributed by atoms with Crippen molar-refractivity contribution in [1.82, 2.24) is 25.4 Å². The summed E-state index contributed by atoms with van der Waals surface area (Å²) < 4.78 is 4.68. The Morgan fingerprint density at radius 2 is 2.00 bits per heavy atom. The monoisotopic (exact) mass is 411 g/mol. The average molecular weight is 412 g/mol. The topological polar surface area (TPSA) is 91.6 Å². The van der Waals surface area contributed by atoms with Gasteiger partial charge < -0.3 is 10.2 Å². The van der Waals surface area contributed by atoms with Crippen molar-refractivity contribution in [2.75, 3.05) is 26.2 Å². The molecule has 4 rings (SSSR count). The van der Waals surface area contributed by atoms with E-state index in [0.717, 1.165) is 32.4 Å². The van der Waals surface area contributed by atoms with Crippen molar-refractivity contribution in [3.05, 3.63) is 46.8 Å². The molecule has 0 spiro atoms. The Morgan fingerprint density at radius 1 is 1.20 bits per heavy atom.